The number of hydrogen-bond donors (Lipinski definition) is 1. The molecule has 1 aliphatic rings. The number of non-ortho nitro benzene ring substituents is 1. The molecule has 1 atom stereocenters. The molecule has 6 nitrogen and oxygen atoms in total. The second-order valence-electron chi connectivity index (χ2n) is 4.92. The summed E-state index contributed by atoms with van der Waals surface area (Å²) < 4.78 is 5.45. The van der Waals surface area contributed by atoms with Crippen molar-refractivity contribution in [1.29, 1.82) is 0 Å². The third-order valence-electron chi connectivity index (χ3n) is 3.34. The number of nitro benzene ring substituents is 1. The van der Waals surface area contributed by atoms with Gasteiger partial charge < -0.3 is 17.1 Å². The summed E-state index contributed by atoms with van der Waals surface area (Å²) in [6.07, 6.45) is 5.30. The van der Waals surface area contributed by atoms with Gasteiger partial charge in [-0.15, -0.1) is 0 Å². The van der Waals surface area contributed by atoms with Gasteiger partial charge in [-0.1, -0.05) is 12.2 Å². The molecule has 1 aromatic carbocycles. The van der Waals surface area contributed by atoms with Crippen LogP contribution in [0, 0.1) is 10.1 Å². The molecule has 0 radical (unpaired) electrons. The van der Waals surface area contributed by atoms with Crippen LogP contribution in [0.15, 0.2) is 48.1 Å². The average Bonchev–Trinajstić information content (AvgIpc) is 2.45. The number of carbonyl (C=O) groups excluding carboxylic acids is 1. The van der Waals surface area contributed by atoms with Crippen molar-refractivity contribution in [1.82, 2.24) is 0 Å². The lowest BCUT2D eigenvalue weighted by atomic mass is 9.89. The monoisotopic (exact) mass is 322 g/mol. The maximum absolute atomic E-state index is 12.1. The van der Waals surface area contributed by atoms with Crippen molar-refractivity contribution in [2.24, 2.45) is 0 Å². The number of esters is 1. The van der Waals surface area contributed by atoms with E-state index >= 15 is 0 Å². The van der Waals surface area contributed by atoms with Crippen LogP contribution in [0.1, 0.15) is 24.2 Å². The Kier molecular flexibility index (Phi) is 5.22. The van der Waals surface area contributed by atoms with Crippen LogP contribution in [0.3, 0.4) is 0 Å². The van der Waals surface area contributed by atoms with Crippen LogP contribution in [-0.2, 0) is 4.74 Å². The van der Waals surface area contributed by atoms with E-state index in [9.17, 15) is 14.9 Å². The Morgan fingerprint density at radius 1 is 1.32 bits per heavy atom. The number of ether oxygens (including phenoxy) is 1. The molecule has 0 amide bonds. The van der Waals surface area contributed by atoms with Crippen molar-refractivity contribution in [3.8, 4) is 0 Å². The van der Waals surface area contributed by atoms with Gasteiger partial charge in [-0.25, -0.2) is 4.79 Å². The Balaban J connectivity index is 0.00000242. The van der Waals surface area contributed by atoms with Gasteiger partial charge in [0, 0.05) is 17.7 Å². The van der Waals surface area contributed by atoms with E-state index in [-0.39, 0.29) is 23.7 Å². The predicted molar refractivity (Wildman–Crippen MR) is 76.7 cm³/mol. The number of carbonyl (C=O) groups is 1. The Morgan fingerprint density at radius 3 is 2.45 bits per heavy atom. The van der Waals surface area contributed by atoms with Gasteiger partial charge in [0.15, 0.2) is 0 Å². The molecule has 0 spiro atoms. The van der Waals surface area contributed by atoms with E-state index < -0.39 is 16.5 Å². The fraction of sp³-hybridized carbons (Fsp3) is 0.200. The first-order chi connectivity index (χ1) is 9.83. The summed E-state index contributed by atoms with van der Waals surface area (Å²) in [6.45, 7) is 3.52. The number of nitro groups is 1. The fourth-order valence-corrected chi connectivity index (χ4v) is 2.01. The van der Waals surface area contributed by atoms with Gasteiger partial charge >= 0.3 is 5.97 Å². The molecule has 7 heteroatoms. The maximum atomic E-state index is 12.1. The van der Waals surface area contributed by atoms with Gasteiger partial charge in [0.2, 0.25) is 11.3 Å². The predicted octanol–water partition coefficient (Wildman–Crippen LogP) is -1.77. The summed E-state index contributed by atoms with van der Waals surface area (Å²) in [5.41, 5.74) is 0.421. The minimum Gasteiger partial charge on any atom is -1.00 e. The van der Waals surface area contributed by atoms with Crippen LogP contribution in [0.25, 0.3) is 0 Å². The van der Waals surface area contributed by atoms with E-state index in [1.54, 1.807) is 19.1 Å². The molecule has 0 heterocycles. The smallest absolute Gasteiger partial charge is 0.339 e. The molecule has 0 saturated carbocycles. The van der Waals surface area contributed by atoms with E-state index in [2.05, 4.69) is 0 Å². The first-order valence-corrected chi connectivity index (χ1v) is 6.31. The number of rotatable bonds is 3. The van der Waals surface area contributed by atoms with Crippen molar-refractivity contribution in [2.45, 2.75) is 19.4 Å². The lowest BCUT2D eigenvalue weighted by Crippen LogP contribution is -3.00. The Labute approximate surface area is 133 Å². The largest absolute Gasteiger partial charge is 1.00 e. The summed E-state index contributed by atoms with van der Waals surface area (Å²) in [7, 11) is 0. The summed E-state index contributed by atoms with van der Waals surface area (Å²) in [5.74, 6) is -0.588. The van der Waals surface area contributed by atoms with Crippen LogP contribution < -0.4 is 17.8 Å². The third-order valence-corrected chi connectivity index (χ3v) is 3.34. The van der Waals surface area contributed by atoms with Crippen molar-refractivity contribution in [3.05, 3.63) is 63.7 Å². The Bertz CT molecular complexity index is 679. The first-order valence-electron chi connectivity index (χ1n) is 6.31. The van der Waals surface area contributed by atoms with Crippen molar-refractivity contribution < 1.29 is 32.3 Å². The molecule has 0 aliphatic heterocycles. The molecule has 22 heavy (non-hydrogen) atoms. The highest BCUT2D eigenvalue weighted by Gasteiger charge is 2.38. The van der Waals surface area contributed by atoms with E-state index in [1.165, 1.54) is 24.3 Å². The number of nitrogens with two attached hydrogens (primary N) is 1. The SMILES string of the molecule is CC1=CC=CC(C)(OC(=O)c2ccc([N+](=O)[O-])cc2)C1=[NH2+].[Cl-]. The molecule has 2 N–H and O–H groups in total. The van der Waals surface area contributed by atoms with Gasteiger partial charge in [-0.3, -0.25) is 15.5 Å². The normalized spacial score (nSPS) is 19.9. The molecule has 2 rings (SSSR count). The quantitative estimate of drug-likeness (QED) is 0.405. The standard InChI is InChI=1S/C15H14N2O4.ClH/c1-10-4-3-9-15(2,13(10)16)21-14(18)11-5-7-12(8-6-11)17(19)20;/h3-9,16H,1-2H3;1H. The Morgan fingerprint density at radius 2 is 1.91 bits per heavy atom. The van der Waals surface area contributed by atoms with Crippen molar-refractivity contribution in [2.75, 3.05) is 0 Å². The van der Waals surface area contributed by atoms with E-state index in [1.807, 2.05) is 13.0 Å². The molecule has 0 bridgehead atoms. The average molecular weight is 323 g/mol. The topological polar surface area (TPSA) is 95.0 Å². The van der Waals surface area contributed by atoms with Gasteiger partial charge in [0.1, 0.15) is 0 Å². The highest BCUT2D eigenvalue weighted by Crippen LogP contribution is 2.23. The molecule has 1 unspecified atom stereocenters. The molecular weight excluding hydrogens is 308 g/mol. The van der Waals surface area contributed by atoms with E-state index in [4.69, 9.17) is 10.1 Å². The summed E-state index contributed by atoms with van der Waals surface area (Å²) in [5, 5.41) is 16.6. The number of hydrogen-bond acceptors (Lipinski definition) is 4. The van der Waals surface area contributed by atoms with Crippen LogP contribution >= 0.6 is 0 Å². The first kappa shape index (κ1) is 17.6. The lowest BCUT2D eigenvalue weighted by Gasteiger charge is -2.25. The van der Waals surface area contributed by atoms with Crippen LogP contribution in [0.5, 0.6) is 0 Å². The number of nitrogens with zero attached hydrogens (tertiary/aromatic N) is 1. The van der Waals surface area contributed by atoms with Gasteiger partial charge in [-0.05, 0) is 32.1 Å². The molecule has 0 saturated heterocycles. The van der Waals surface area contributed by atoms with Gasteiger partial charge in [0.05, 0.1) is 10.5 Å². The summed E-state index contributed by atoms with van der Waals surface area (Å²) >= 11 is 0. The molecule has 0 fully saturated rings. The minimum atomic E-state index is -1.02. The van der Waals surface area contributed by atoms with Gasteiger partial charge in [-0.2, -0.15) is 0 Å². The van der Waals surface area contributed by atoms with Crippen LogP contribution in [0.2, 0.25) is 0 Å². The molecular formula is C15H15ClN2O4. The highest BCUT2D eigenvalue weighted by atomic mass is 35.5. The maximum Gasteiger partial charge on any atom is 0.339 e. The van der Waals surface area contributed by atoms with Crippen LogP contribution in [0.4, 0.5) is 5.69 Å². The molecule has 1 aliphatic carbocycles. The zero-order valence-electron chi connectivity index (χ0n) is 12.1. The zero-order chi connectivity index (χ0) is 15.6. The number of halogens is 1. The van der Waals surface area contributed by atoms with Crippen molar-refractivity contribution >= 4 is 17.4 Å². The van der Waals surface area contributed by atoms with Crippen LogP contribution in [-0.4, -0.2) is 22.2 Å². The molecule has 116 valence electrons. The van der Waals surface area contributed by atoms with E-state index in [0.717, 1.165) is 5.57 Å². The Hall–Kier alpha value is -2.47. The van der Waals surface area contributed by atoms with Gasteiger partial charge in [0.25, 0.3) is 5.69 Å². The summed E-state index contributed by atoms with van der Waals surface area (Å²) in [4.78, 5) is 22.2. The molecule has 1 aromatic rings. The molecule has 0 aromatic heterocycles. The minimum absolute atomic E-state index is 0. The number of allylic oxidation sites excluding steroid dienone is 2. The zero-order valence-corrected chi connectivity index (χ0v) is 12.8. The fourth-order valence-electron chi connectivity index (χ4n) is 2.01. The summed E-state index contributed by atoms with van der Waals surface area (Å²) in [6, 6.07) is 5.23. The highest BCUT2D eigenvalue weighted by molar-refractivity contribution is 6.06. The second-order valence-corrected chi connectivity index (χ2v) is 4.92. The lowest BCUT2D eigenvalue weighted by molar-refractivity contribution is -0.384. The van der Waals surface area contributed by atoms with E-state index in [0.29, 0.717) is 5.71 Å². The number of benzene rings is 1. The van der Waals surface area contributed by atoms with Crippen molar-refractivity contribution in [3.63, 3.8) is 0 Å². The second kappa shape index (κ2) is 6.53. The third kappa shape index (κ3) is 3.40.